The fraction of sp³-hybridized carbons (Fsp3) is 0.556. The van der Waals surface area contributed by atoms with Crippen molar-refractivity contribution in [3.05, 3.63) is 22.2 Å². The summed E-state index contributed by atoms with van der Waals surface area (Å²) >= 11 is 3.51. The zero-order valence-electron chi connectivity index (χ0n) is 14.7. The summed E-state index contributed by atoms with van der Waals surface area (Å²) in [7, 11) is 3.19. The van der Waals surface area contributed by atoms with Gasteiger partial charge in [-0.1, -0.05) is 15.9 Å². The molecule has 25 heavy (non-hydrogen) atoms. The molecule has 7 heteroatoms. The van der Waals surface area contributed by atoms with Crippen LogP contribution < -0.4 is 20.1 Å². The zero-order chi connectivity index (χ0) is 18.2. The van der Waals surface area contributed by atoms with Crippen molar-refractivity contribution < 1.29 is 19.1 Å². The highest BCUT2D eigenvalue weighted by Gasteiger charge is 2.28. The van der Waals surface area contributed by atoms with E-state index in [0.29, 0.717) is 43.9 Å². The first-order valence-corrected chi connectivity index (χ1v) is 9.29. The van der Waals surface area contributed by atoms with E-state index in [0.717, 1.165) is 22.9 Å². The molecule has 2 N–H and O–H groups in total. The van der Waals surface area contributed by atoms with E-state index in [1.165, 1.54) is 0 Å². The van der Waals surface area contributed by atoms with Gasteiger partial charge in [0.25, 0.3) is 0 Å². The van der Waals surface area contributed by atoms with Gasteiger partial charge in [0.1, 0.15) is 0 Å². The van der Waals surface area contributed by atoms with E-state index in [4.69, 9.17) is 9.47 Å². The first-order valence-electron chi connectivity index (χ1n) is 8.50. The van der Waals surface area contributed by atoms with Crippen molar-refractivity contribution in [1.82, 2.24) is 10.6 Å². The van der Waals surface area contributed by atoms with Crippen molar-refractivity contribution in [1.29, 1.82) is 0 Å². The van der Waals surface area contributed by atoms with Crippen molar-refractivity contribution in [2.45, 2.75) is 32.1 Å². The molecule has 0 saturated heterocycles. The average molecular weight is 413 g/mol. The SMILES string of the molecule is COc1cc(Br)c(CCNC(=O)CCCNC(=O)C2CC2)cc1OC. The third-order valence-electron chi connectivity index (χ3n) is 4.10. The van der Waals surface area contributed by atoms with Crippen LogP contribution in [0.2, 0.25) is 0 Å². The number of hydrogen-bond acceptors (Lipinski definition) is 4. The fourth-order valence-corrected chi connectivity index (χ4v) is 2.98. The largest absolute Gasteiger partial charge is 0.493 e. The van der Waals surface area contributed by atoms with Crippen LogP contribution in [-0.2, 0) is 16.0 Å². The number of nitrogens with one attached hydrogen (secondary N) is 2. The molecule has 2 rings (SSSR count). The molecule has 0 radical (unpaired) electrons. The molecule has 0 spiro atoms. The highest BCUT2D eigenvalue weighted by Crippen LogP contribution is 2.33. The third-order valence-corrected chi connectivity index (χ3v) is 4.84. The summed E-state index contributed by atoms with van der Waals surface area (Å²) in [5, 5.41) is 5.77. The van der Waals surface area contributed by atoms with Gasteiger partial charge in [-0.05, 0) is 43.4 Å². The molecule has 1 fully saturated rings. The predicted octanol–water partition coefficient (Wildman–Crippen LogP) is 2.43. The van der Waals surface area contributed by atoms with Crippen LogP contribution in [0.3, 0.4) is 0 Å². The van der Waals surface area contributed by atoms with Crippen molar-refractivity contribution in [2.24, 2.45) is 5.92 Å². The minimum absolute atomic E-state index is 0.00253. The molecular formula is C18H25BrN2O4. The van der Waals surface area contributed by atoms with Crippen molar-refractivity contribution in [3.8, 4) is 11.5 Å². The third kappa shape index (κ3) is 6.23. The molecule has 1 aliphatic rings. The molecule has 0 unspecified atom stereocenters. The molecule has 1 aromatic carbocycles. The molecule has 0 heterocycles. The van der Waals surface area contributed by atoms with Crippen LogP contribution in [0.5, 0.6) is 11.5 Å². The standard InChI is InChI=1S/C18H25BrN2O4/c1-24-15-10-13(14(19)11-16(15)25-2)7-9-20-17(22)4-3-8-21-18(23)12-5-6-12/h10-12H,3-9H2,1-2H3,(H,20,22)(H,21,23). The molecule has 6 nitrogen and oxygen atoms in total. The Labute approximate surface area is 156 Å². The number of halogens is 1. The Hall–Kier alpha value is -1.76. The summed E-state index contributed by atoms with van der Waals surface area (Å²) in [4.78, 5) is 23.3. The molecule has 1 aromatic rings. The van der Waals surface area contributed by atoms with E-state index in [1.54, 1.807) is 14.2 Å². The molecule has 0 aliphatic heterocycles. The van der Waals surface area contributed by atoms with Gasteiger partial charge in [-0.25, -0.2) is 0 Å². The Morgan fingerprint density at radius 1 is 1.12 bits per heavy atom. The molecule has 1 aliphatic carbocycles. The fourth-order valence-electron chi connectivity index (χ4n) is 2.46. The number of amides is 2. The van der Waals surface area contributed by atoms with E-state index in [1.807, 2.05) is 12.1 Å². The molecule has 0 bridgehead atoms. The van der Waals surface area contributed by atoms with Gasteiger partial charge in [0.15, 0.2) is 11.5 Å². The van der Waals surface area contributed by atoms with Crippen molar-refractivity contribution >= 4 is 27.7 Å². The Morgan fingerprint density at radius 2 is 1.80 bits per heavy atom. The maximum Gasteiger partial charge on any atom is 0.223 e. The van der Waals surface area contributed by atoms with Crippen LogP contribution in [0, 0.1) is 5.92 Å². The Balaban J connectivity index is 1.67. The molecule has 138 valence electrons. The summed E-state index contributed by atoms with van der Waals surface area (Å²) in [5.41, 5.74) is 1.04. The number of hydrogen-bond donors (Lipinski definition) is 2. The average Bonchev–Trinajstić information content (AvgIpc) is 3.44. The lowest BCUT2D eigenvalue weighted by Crippen LogP contribution is -2.29. The highest BCUT2D eigenvalue weighted by atomic mass is 79.9. The van der Waals surface area contributed by atoms with Gasteiger partial charge >= 0.3 is 0 Å². The quantitative estimate of drug-likeness (QED) is 0.578. The van der Waals surface area contributed by atoms with Crippen LogP contribution in [0.4, 0.5) is 0 Å². The number of carbonyl (C=O) groups excluding carboxylic acids is 2. The van der Waals surface area contributed by atoms with Gasteiger partial charge < -0.3 is 20.1 Å². The smallest absolute Gasteiger partial charge is 0.223 e. The monoisotopic (exact) mass is 412 g/mol. The molecule has 0 atom stereocenters. The Morgan fingerprint density at radius 3 is 2.44 bits per heavy atom. The Kier molecular flexibility index (Phi) is 7.55. The first kappa shape index (κ1) is 19.6. The second kappa shape index (κ2) is 9.65. The summed E-state index contributed by atoms with van der Waals surface area (Å²) in [6, 6.07) is 3.76. The van der Waals surface area contributed by atoms with Crippen LogP contribution in [0.1, 0.15) is 31.2 Å². The van der Waals surface area contributed by atoms with Gasteiger partial charge in [0.2, 0.25) is 11.8 Å². The second-order valence-electron chi connectivity index (χ2n) is 6.07. The van der Waals surface area contributed by atoms with E-state index < -0.39 is 0 Å². The highest BCUT2D eigenvalue weighted by molar-refractivity contribution is 9.10. The lowest BCUT2D eigenvalue weighted by molar-refractivity contribution is -0.123. The topological polar surface area (TPSA) is 76.7 Å². The number of methoxy groups -OCH3 is 2. The summed E-state index contributed by atoms with van der Waals surface area (Å²) in [5.74, 6) is 1.67. The number of rotatable bonds is 10. The van der Waals surface area contributed by atoms with E-state index in [-0.39, 0.29) is 17.7 Å². The zero-order valence-corrected chi connectivity index (χ0v) is 16.3. The number of carbonyl (C=O) groups is 2. The summed E-state index contributed by atoms with van der Waals surface area (Å²) in [6.45, 7) is 1.10. The first-order chi connectivity index (χ1) is 12.0. The second-order valence-corrected chi connectivity index (χ2v) is 6.92. The van der Waals surface area contributed by atoms with Crippen LogP contribution >= 0.6 is 15.9 Å². The van der Waals surface area contributed by atoms with E-state index in [2.05, 4.69) is 26.6 Å². The maximum absolute atomic E-state index is 11.9. The van der Waals surface area contributed by atoms with Gasteiger partial charge in [-0.15, -0.1) is 0 Å². The summed E-state index contributed by atoms with van der Waals surface area (Å²) in [6.07, 6.45) is 3.75. The molecular weight excluding hydrogens is 388 g/mol. The maximum atomic E-state index is 11.9. The molecule has 2 amide bonds. The van der Waals surface area contributed by atoms with E-state index in [9.17, 15) is 9.59 Å². The number of ether oxygens (including phenoxy) is 2. The van der Waals surface area contributed by atoms with Crippen molar-refractivity contribution in [2.75, 3.05) is 27.3 Å². The lowest BCUT2D eigenvalue weighted by Gasteiger charge is -2.12. The lowest BCUT2D eigenvalue weighted by atomic mass is 10.1. The molecule has 1 saturated carbocycles. The van der Waals surface area contributed by atoms with Crippen molar-refractivity contribution in [3.63, 3.8) is 0 Å². The predicted molar refractivity (Wildman–Crippen MR) is 98.9 cm³/mol. The minimum atomic E-state index is -0.00253. The molecule has 0 aromatic heterocycles. The van der Waals surface area contributed by atoms with E-state index >= 15 is 0 Å². The van der Waals surface area contributed by atoms with Gasteiger partial charge in [0, 0.05) is 29.9 Å². The van der Waals surface area contributed by atoms with Gasteiger partial charge in [0.05, 0.1) is 14.2 Å². The van der Waals surface area contributed by atoms with Crippen LogP contribution in [0.15, 0.2) is 16.6 Å². The number of benzene rings is 1. The summed E-state index contributed by atoms with van der Waals surface area (Å²) < 4.78 is 11.5. The normalized spacial score (nSPS) is 13.2. The minimum Gasteiger partial charge on any atom is -0.493 e. The van der Waals surface area contributed by atoms with Gasteiger partial charge in [-0.2, -0.15) is 0 Å². The van der Waals surface area contributed by atoms with Crippen LogP contribution in [0.25, 0.3) is 0 Å². The van der Waals surface area contributed by atoms with Gasteiger partial charge in [-0.3, -0.25) is 9.59 Å². The van der Waals surface area contributed by atoms with Crippen LogP contribution in [-0.4, -0.2) is 39.1 Å². The Bertz CT molecular complexity index is 617.